The normalized spacial score (nSPS) is 18.7. The van der Waals surface area contributed by atoms with Crippen LogP contribution in [0.25, 0.3) is 12.2 Å². The van der Waals surface area contributed by atoms with Gasteiger partial charge in [0.25, 0.3) is 15.9 Å². The molecular formula is C26H23ClF3NO3S. The zero-order valence-electron chi connectivity index (χ0n) is 18.9. The zero-order valence-corrected chi connectivity index (χ0v) is 20.5. The third-order valence-corrected chi connectivity index (χ3v) is 8.27. The molecule has 0 fully saturated rings. The highest BCUT2D eigenvalue weighted by molar-refractivity contribution is 7.92. The van der Waals surface area contributed by atoms with Crippen molar-refractivity contribution in [3.05, 3.63) is 93.8 Å². The fourth-order valence-electron chi connectivity index (χ4n) is 4.07. The van der Waals surface area contributed by atoms with E-state index in [1.165, 1.54) is 30.3 Å². The lowest BCUT2D eigenvalue weighted by Gasteiger charge is -2.39. The summed E-state index contributed by atoms with van der Waals surface area (Å²) >= 11 is 6.08. The van der Waals surface area contributed by atoms with Crippen LogP contribution in [0.5, 0.6) is 0 Å². The molecule has 2 atom stereocenters. The predicted molar refractivity (Wildman–Crippen MR) is 132 cm³/mol. The van der Waals surface area contributed by atoms with Crippen LogP contribution in [0, 0.1) is 5.82 Å². The molecule has 3 aromatic carbocycles. The number of nitrogens with zero attached hydrogens (tertiary/aromatic N) is 1. The topological polar surface area (TPSA) is 57.6 Å². The van der Waals surface area contributed by atoms with Gasteiger partial charge >= 0.3 is 0 Å². The first-order chi connectivity index (χ1) is 16.4. The van der Waals surface area contributed by atoms with Crippen molar-refractivity contribution in [1.29, 1.82) is 0 Å². The maximum Gasteiger partial charge on any atom is 0.270 e. The number of hydrogen-bond donors (Lipinski definition) is 1. The summed E-state index contributed by atoms with van der Waals surface area (Å²) in [6.07, 6.45) is 2.32. The van der Waals surface area contributed by atoms with Gasteiger partial charge < -0.3 is 5.11 Å². The third kappa shape index (κ3) is 4.96. The summed E-state index contributed by atoms with van der Waals surface area (Å²) in [5, 5.41) is 10.8. The average molecular weight is 522 g/mol. The summed E-state index contributed by atoms with van der Waals surface area (Å²) in [6, 6.07) is 13.1. The molecule has 0 saturated carbocycles. The minimum atomic E-state index is -4.30. The van der Waals surface area contributed by atoms with Gasteiger partial charge in [-0.2, -0.15) is 0 Å². The second-order valence-electron chi connectivity index (χ2n) is 8.59. The van der Waals surface area contributed by atoms with Gasteiger partial charge in [0.05, 0.1) is 27.8 Å². The smallest absolute Gasteiger partial charge is 0.270 e. The molecule has 0 spiro atoms. The molecule has 1 N–H and O–H groups in total. The number of aliphatic hydroxyl groups is 1. The van der Waals surface area contributed by atoms with Crippen LogP contribution in [0.4, 0.5) is 18.9 Å². The van der Waals surface area contributed by atoms with Crippen molar-refractivity contribution in [2.24, 2.45) is 0 Å². The number of alkyl halides is 2. The van der Waals surface area contributed by atoms with Crippen LogP contribution in [0.15, 0.2) is 65.6 Å². The van der Waals surface area contributed by atoms with Crippen molar-refractivity contribution in [2.45, 2.75) is 43.2 Å². The molecule has 9 heteroatoms. The van der Waals surface area contributed by atoms with E-state index < -0.39 is 39.5 Å². The summed E-state index contributed by atoms with van der Waals surface area (Å²) in [7, 11) is -4.30. The molecule has 1 aliphatic rings. The number of aliphatic hydroxyl groups excluding tert-OH is 1. The molecule has 0 saturated heterocycles. The summed E-state index contributed by atoms with van der Waals surface area (Å²) in [5.41, 5.74) is 1.23. The highest BCUT2D eigenvalue weighted by atomic mass is 35.5. The lowest BCUT2D eigenvalue weighted by Crippen LogP contribution is -2.49. The molecule has 1 heterocycles. The molecule has 0 amide bonds. The number of rotatable bonds is 5. The highest BCUT2D eigenvalue weighted by Crippen LogP contribution is 2.38. The minimum Gasteiger partial charge on any atom is -0.391 e. The zero-order chi connectivity index (χ0) is 25.5. The Kier molecular flexibility index (Phi) is 6.74. The van der Waals surface area contributed by atoms with Crippen LogP contribution < -0.4 is 4.31 Å². The second kappa shape index (κ2) is 9.33. The van der Waals surface area contributed by atoms with Crippen LogP contribution in [0.3, 0.4) is 0 Å². The van der Waals surface area contributed by atoms with Crippen LogP contribution in [0.1, 0.15) is 36.1 Å². The van der Waals surface area contributed by atoms with E-state index in [1.54, 1.807) is 37.3 Å². The molecule has 184 valence electrons. The largest absolute Gasteiger partial charge is 0.391 e. The Morgan fingerprint density at radius 2 is 1.80 bits per heavy atom. The lowest BCUT2D eigenvalue weighted by molar-refractivity contribution is 0.0172. The summed E-state index contributed by atoms with van der Waals surface area (Å²) in [5.74, 6) is -3.72. The maximum atomic E-state index is 14.1. The molecule has 4 rings (SSSR count). The van der Waals surface area contributed by atoms with Crippen molar-refractivity contribution in [3.63, 3.8) is 0 Å². The van der Waals surface area contributed by atoms with Gasteiger partial charge in [0.15, 0.2) is 0 Å². The Balaban J connectivity index is 1.80. The van der Waals surface area contributed by atoms with Gasteiger partial charge in [0.2, 0.25) is 0 Å². The van der Waals surface area contributed by atoms with Crippen LogP contribution in [-0.4, -0.2) is 25.7 Å². The molecule has 0 radical (unpaired) electrons. The summed E-state index contributed by atoms with van der Waals surface area (Å²) in [6.45, 7) is 2.26. The summed E-state index contributed by atoms with van der Waals surface area (Å²) < 4.78 is 70.3. The Hall–Kier alpha value is -2.81. The van der Waals surface area contributed by atoms with Gasteiger partial charge in [0.1, 0.15) is 5.82 Å². The quantitative estimate of drug-likeness (QED) is 0.403. The predicted octanol–water partition coefficient (Wildman–Crippen LogP) is 6.26. The molecule has 0 unspecified atom stereocenters. The number of anilines is 1. The Bertz CT molecular complexity index is 1380. The van der Waals surface area contributed by atoms with Crippen LogP contribution in [-0.2, 0) is 22.4 Å². The van der Waals surface area contributed by atoms with Crippen molar-refractivity contribution in [1.82, 2.24) is 0 Å². The number of hydrogen-bond acceptors (Lipinski definition) is 3. The Morgan fingerprint density at radius 3 is 2.49 bits per heavy atom. The van der Waals surface area contributed by atoms with E-state index in [4.69, 9.17) is 11.6 Å². The molecule has 1 aliphatic heterocycles. The van der Waals surface area contributed by atoms with Gasteiger partial charge in [-0.05, 0) is 54.5 Å². The number of halogens is 4. The lowest BCUT2D eigenvalue weighted by atomic mass is 9.95. The molecule has 0 bridgehead atoms. The first kappa shape index (κ1) is 25.3. The number of sulfonamides is 1. The van der Waals surface area contributed by atoms with E-state index in [0.717, 1.165) is 16.4 Å². The molecule has 0 aromatic heterocycles. The van der Waals surface area contributed by atoms with E-state index in [1.807, 2.05) is 0 Å². The number of fused-ring (bicyclic) bond motifs is 1. The van der Waals surface area contributed by atoms with E-state index in [9.17, 15) is 26.7 Å². The maximum absolute atomic E-state index is 14.1. The third-order valence-electron chi connectivity index (χ3n) is 6.04. The van der Waals surface area contributed by atoms with E-state index in [0.29, 0.717) is 23.7 Å². The summed E-state index contributed by atoms with van der Waals surface area (Å²) in [4.78, 5) is -0.303. The number of benzene rings is 3. The molecular weight excluding hydrogens is 499 g/mol. The molecule has 35 heavy (non-hydrogen) atoms. The Labute approximate surface area is 207 Å². The van der Waals surface area contributed by atoms with Gasteiger partial charge in [-0.3, -0.25) is 4.31 Å². The second-order valence-corrected chi connectivity index (χ2v) is 10.8. The van der Waals surface area contributed by atoms with Crippen LogP contribution in [0.2, 0.25) is 5.02 Å². The fraction of sp³-hybridized carbons (Fsp3) is 0.231. The monoisotopic (exact) mass is 521 g/mol. The van der Waals surface area contributed by atoms with Crippen molar-refractivity contribution >= 4 is 39.5 Å². The van der Waals surface area contributed by atoms with E-state index >= 15 is 0 Å². The Morgan fingerprint density at radius 1 is 1.09 bits per heavy atom. The fourth-order valence-corrected chi connectivity index (χ4v) is 6.06. The van der Waals surface area contributed by atoms with Crippen LogP contribution >= 0.6 is 11.6 Å². The first-order valence-electron chi connectivity index (χ1n) is 10.9. The van der Waals surface area contributed by atoms with E-state index in [2.05, 4.69) is 0 Å². The van der Waals surface area contributed by atoms with E-state index in [-0.39, 0.29) is 21.9 Å². The van der Waals surface area contributed by atoms with Gasteiger partial charge in [-0.15, -0.1) is 0 Å². The minimum absolute atomic E-state index is 0.192. The molecule has 0 aliphatic carbocycles. The molecule has 4 nitrogen and oxygen atoms in total. The molecule has 3 aromatic rings. The highest BCUT2D eigenvalue weighted by Gasteiger charge is 2.39. The average Bonchev–Trinajstić information content (AvgIpc) is 2.79. The van der Waals surface area contributed by atoms with Gasteiger partial charge in [0, 0.05) is 24.5 Å². The SMILES string of the molecule is C[C@@H]1[C@@H](O)Cc2ccc(/C=C/c3c(F)cccc3Cl)cc2N1S(=O)(=O)c1cccc(C(C)(F)F)c1. The first-order valence-corrected chi connectivity index (χ1v) is 12.7. The van der Waals surface area contributed by atoms with Crippen molar-refractivity contribution in [3.8, 4) is 0 Å². The van der Waals surface area contributed by atoms with Crippen molar-refractivity contribution in [2.75, 3.05) is 4.31 Å². The standard InChI is InChI=1S/C26H23ClF3NO3S/c1-16-25(32)14-18-11-9-17(10-12-21-22(27)7-4-8-23(21)28)13-24(18)31(16)35(33,34)20-6-3-5-19(15-20)26(2,29)30/h3-13,15-16,25,32H,14H2,1-2H3/b12-10+/t16-,25+/m1/s1. The van der Waals surface area contributed by atoms with Gasteiger partial charge in [-0.1, -0.05) is 48.0 Å². The van der Waals surface area contributed by atoms with Crippen molar-refractivity contribution < 1.29 is 26.7 Å². The van der Waals surface area contributed by atoms with Gasteiger partial charge in [-0.25, -0.2) is 21.6 Å².